The Morgan fingerprint density at radius 2 is 1.83 bits per heavy atom. The molecule has 0 aliphatic rings. The van der Waals surface area contributed by atoms with Crippen molar-refractivity contribution in [2.45, 2.75) is 40.0 Å². The van der Waals surface area contributed by atoms with Crippen molar-refractivity contribution in [3.63, 3.8) is 0 Å². The highest BCUT2D eigenvalue weighted by Gasteiger charge is 2.06. The molecule has 0 rings (SSSR count). The smallest absolute Gasteiger partial charge is 0.303 e. The van der Waals surface area contributed by atoms with Gasteiger partial charge in [0.15, 0.2) is 0 Å². The second-order valence-corrected chi connectivity index (χ2v) is 5.20. The van der Waals surface area contributed by atoms with Crippen LogP contribution in [0.15, 0.2) is 0 Å². The third-order valence-corrected chi connectivity index (χ3v) is 2.66. The molecule has 5 heteroatoms. The van der Waals surface area contributed by atoms with Gasteiger partial charge < -0.3 is 15.7 Å². The van der Waals surface area contributed by atoms with E-state index in [0.29, 0.717) is 31.3 Å². The normalized spacial score (nSPS) is 12.4. The van der Waals surface area contributed by atoms with Crippen LogP contribution in [0.1, 0.15) is 40.0 Å². The Bertz CT molecular complexity index is 255. The molecule has 0 aliphatic carbocycles. The molecule has 0 spiro atoms. The van der Waals surface area contributed by atoms with Gasteiger partial charge in [-0.1, -0.05) is 20.8 Å². The van der Waals surface area contributed by atoms with E-state index in [1.165, 1.54) is 0 Å². The van der Waals surface area contributed by atoms with E-state index in [1.807, 2.05) is 6.92 Å². The zero-order valence-corrected chi connectivity index (χ0v) is 11.7. The minimum absolute atomic E-state index is 0.0156. The molecule has 0 aromatic rings. The van der Waals surface area contributed by atoms with Crippen LogP contribution >= 0.6 is 0 Å². The first kappa shape index (κ1) is 16.9. The average Bonchev–Trinajstić information content (AvgIpc) is 2.29. The molecule has 1 amide bonds. The van der Waals surface area contributed by atoms with Crippen molar-refractivity contribution in [3.05, 3.63) is 0 Å². The molecule has 0 fully saturated rings. The zero-order valence-electron chi connectivity index (χ0n) is 11.7. The summed E-state index contributed by atoms with van der Waals surface area (Å²) >= 11 is 0. The molecule has 0 radical (unpaired) electrons. The van der Waals surface area contributed by atoms with E-state index in [4.69, 9.17) is 5.11 Å². The number of carbonyl (C=O) groups is 2. The largest absolute Gasteiger partial charge is 0.481 e. The summed E-state index contributed by atoms with van der Waals surface area (Å²) in [6.45, 7) is 7.92. The Morgan fingerprint density at radius 1 is 1.17 bits per heavy atom. The SMILES string of the molecule is CC(C)CNC(=O)CNCCC(C)CCC(=O)O. The van der Waals surface area contributed by atoms with Crippen LogP contribution in [0, 0.1) is 11.8 Å². The molecular weight excluding hydrogens is 232 g/mol. The summed E-state index contributed by atoms with van der Waals surface area (Å²) in [7, 11) is 0. The lowest BCUT2D eigenvalue weighted by molar-refractivity contribution is -0.137. The van der Waals surface area contributed by atoms with Crippen LogP contribution in [-0.2, 0) is 9.59 Å². The topological polar surface area (TPSA) is 78.4 Å². The van der Waals surface area contributed by atoms with Crippen molar-refractivity contribution >= 4 is 11.9 Å². The van der Waals surface area contributed by atoms with Crippen LogP contribution in [0.4, 0.5) is 0 Å². The first-order valence-corrected chi connectivity index (χ1v) is 6.61. The molecule has 0 aliphatic heterocycles. The van der Waals surface area contributed by atoms with E-state index < -0.39 is 5.97 Å². The molecule has 18 heavy (non-hydrogen) atoms. The molecule has 0 bridgehead atoms. The lowest BCUT2D eigenvalue weighted by Gasteiger charge is -2.11. The number of hydrogen-bond donors (Lipinski definition) is 3. The van der Waals surface area contributed by atoms with E-state index in [9.17, 15) is 9.59 Å². The number of carboxylic acids is 1. The van der Waals surface area contributed by atoms with Gasteiger partial charge in [-0.05, 0) is 31.2 Å². The number of hydrogen-bond acceptors (Lipinski definition) is 3. The van der Waals surface area contributed by atoms with Crippen molar-refractivity contribution in [1.82, 2.24) is 10.6 Å². The predicted octanol–water partition coefficient (Wildman–Crippen LogP) is 1.24. The van der Waals surface area contributed by atoms with E-state index in [2.05, 4.69) is 24.5 Å². The van der Waals surface area contributed by atoms with E-state index in [-0.39, 0.29) is 12.3 Å². The third-order valence-electron chi connectivity index (χ3n) is 2.66. The Labute approximate surface area is 109 Å². The molecule has 106 valence electrons. The van der Waals surface area contributed by atoms with Crippen molar-refractivity contribution in [3.8, 4) is 0 Å². The first-order chi connectivity index (χ1) is 8.41. The van der Waals surface area contributed by atoms with Gasteiger partial charge in [-0.3, -0.25) is 9.59 Å². The van der Waals surface area contributed by atoms with Gasteiger partial charge in [0.05, 0.1) is 6.54 Å². The highest BCUT2D eigenvalue weighted by molar-refractivity contribution is 5.77. The Morgan fingerprint density at radius 3 is 2.39 bits per heavy atom. The van der Waals surface area contributed by atoms with Gasteiger partial charge in [0, 0.05) is 13.0 Å². The average molecular weight is 258 g/mol. The molecule has 0 saturated carbocycles. The van der Waals surface area contributed by atoms with Gasteiger partial charge >= 0.3 is 5.97 Å². The fourth-order valence-electron chi connectivity index (χ4n) is 1.45. The maximum atomic E-state index is 11.4. The molecule has 0 saturated heterocycles. The maximum Gasteiger partial charge on any atom is 0.303 e. The van der Waals surface area contributed by atoms with E-state index in [1.54, 1.807) is 0 Å². The van der Waals surface area contributed by atoms with Gasteiger partial charge in [-0.2, -0.15) is 0 Å². The highest BCUT2D eigenvalue weighted by Crippen LogP contribution is 2.08. The Kier molecular flexibility index (Phi) is 9.28. The van der Waals surface area contributed by atoms with E-state index >= 15 is 0 Å². The van der Waals surface area contributed by atoms with Gasteiger partial charge in [-0.25, -0.2) is 0 Å². The molecule has 1 atom stereocenters. The van der Waals surface area contributed by atoms with Crippen molar-refractivity contribution in [2.75, 3.05) is 19.6 Å². The lowest BCUT2D eigenvalue weighted by Crippen LogP contribution is -2.36. The van der Waals surface area contributed by atoms with Crippen LogP contribution in [0.3, 0.4) is 0 Å². The summed E-state index contributed by atoms with van der Waals surface area (Å²) in [5, 5.41) is 14.4. The van der Waals surface area contributed by atoms with Crippen molar-refractivity contribution < 1.29 is 14.7 Å². The number of amides is 1. The number of aliphatic carboxylic acids is 1. The summed E-state index contributed by atoms with van der Waals surface area (Å²) in [5.41, 5.74) is 0. The third kappa shape index (κ3) is 11.4. The van der Waals surface area contributed by atoms with Gasteiger partial charge in [0.25, 0.3) is 0 Å². The van der Waals surface area contributed by atoms with Gasteiger partial charge in [0.1, 0.15) is 0 Å². The molecular formula is C13H26N2O3. The molecule has 0 aromatic carbocycles. The van der Waals surface area contributed by atoms with Gasteiger partial charge in [-0.15, -0.1) is 0 Å². The summed E-state index contributed by atoms with van der Waals surface area (Å²) in [6.07, 6.45) is 1.80. The predicted molar refractivity (Wildman–Crippen MR) is 71.4 cm³/mol. The second kappa shape index (κ2) is 9.88. The minimum atomic E-state index is -0.747. The van der Waals surface area contributed by atoms with Crippen LogP contribution in [0.5, 0.6) is 0 Å². The fraction of sp³-hybridized carbons (Fsp3) is 0.846. The number of rotatable bonds is 10. The monoisotopic (exact) mass is 258 g/mol. The Hall–Kier alpha value is -1.10. The maximum absolute atomic E-state index is 11.4. The molecule has 0 heterocycles. The second-order valence-electron chi connectivity index (χ2n) is 5.20. The molecule has 3 N–H and O–H groups in total. The standard InChI is InChI=1S/C13H26N2O3/c1-10(2)8-15-12(16)9-14-7-6-11(3)4-5-13(17)18/h10-11,14H,4-9H2,1-3H3,(H,15,16)(H,17,18). The van der Waals surface area contributed by atoms with Gasteiger partial charge in [0.2, 0.25) is 5.91 Å². The van der Waals surface area contributed by atoms with Crippen molar-refractivity contribution in [2.24, 2.45) is 11.8 Å². The molecule has 0 aromatic heterocycles. The minimum Gasteiger partial charge on any atom is -0.481 e. The van der Waals surface area contributed by atoms with Crippen LogP contribution in [0.2, 0.25) is 0 Å². The number of carboxylic acid groups (broad SMARTS) is 1. The fourth-order valence-corrected chi connectivity index (χ4v) is 1.45. The number of carbonyl (C=O) groups excluding carboxylic acids is 1. The highest BCUT2D eigenvalue weighted by atomic mass is 16.4. The van der Waals surface area contributed by atoms with Crippen LogP contribution < -0.4 is 10.6 Å². The summed E-state index contributed by atoms with van der Waals surface area (Å²) in [6, 6.07) is 0. The van der Waals surface area contributed by atoms with Crippen LogP contribution in [-0.4, -0.2) is 36.6 Å². The first-order valence-electron chi connectivity index (χ1n) is 6.61. The number of nitrogens with one attached hydrogen (secondary N) is 2. The summed E-state index contributed by atoms with van der Waals surface area (Å²) in [4.78, 5) is 21.7. The Balaban J connectivity index is 3.43. The van der Waals surface area contributed by atoms with E-state index in [0.717, 1.165) is 13.0 Å². The quantitative estimate of drug-likeness (QED) is 0.515. The van der Waals surface area contributed by atoms with Crippen molar-refractivity contribution in [1.29, 1.82) is 0 Å². The molecule has 5 nitrogen and oxygen atoms in total. The van der Waals surface area contributed by atoms with Crippen LogP contribution in [0.25, 0.3) is 0 Å². The summed E-state index contributed by atoms with van der Waals surface area (Å²) < 4.78 is 0. The molecule has 1 unspecified atom stereocenters. The summed E-state index contributed by atoms with van der Waals surface area (Å²) in [5.74, 6) is 0.0991. The lowest BCUT2D eigenvalue weighted by atomic mass is 10.0. The zero-order chi connectivity index (χ0) is 14.0.